The van der Waals surface area contributed by atoms with Crippen molar-refractivity contribution in [2.45, 2.75) is 534 Å². The second kappa shape index (κ2) is 84.1. The van der Waals surface area contributed by atoms with Crippen LogP contribution in [0.15, 0.2) is 0 Å². The molecule has 0 saturated heterocycles. The van der Waals surface area contributed by atoms with Crippen molar-refractivity contribution in [2.75, 3.05) is 13.2 Å². The maximum absolute atomic E-state index is 12.4. The first-order valence-corrected chi connectivity index (χ1v) is 43.6. The molecule has 1 N–H and O–H groups in total. The van der Waals surface area contributed by atoms with Gasteiger partial charge in [0.15, 0.2) is 6.10 Å². The minimum Gasteiger partial charge on any atom is -0.462 e. The SMILES string of the molecule is CCCCCCCCCCCCCCCCCCCCCCCCCCCCCCCCCCCCCCCCCCC(=O)OC(CO)COC(=O)CCCCCCCCCCCCCCCCCCCCCCCCCCCCCCCCCCCCCCCC. The zero-order valence-electron chi connectivity index (χ0n) is 63.6. The monoisotopic (exact) mass is 1300 g/mol. The van der Waals surface area contributed by atoms with E-state index in [0.29, 0.717) is 12.8 Å². The molecular weight excluding hydrogens is 1120 g/mol. The average molecular weight is 1300 g/mol. The standard InChI is InChI=1S/C87H172O5/c1-3-5-7-9-11-13-15-17-19-21-23-25-27-29-31-33-35-37-39-41-43-44-46-48-50-52-54-56-58-60-62-64-66-68-70-72-74-76-78-80-82-87(90)92-85(83-88)84-91-86(89)81-79-77-75-73-71-69-67-65-63-61-59-57-55-53-51-49-47-45-42-40-38-36-34-32-30-28-26-24-22-20-18-16-14-12-10-8-6-4-2/h85,88H,3-84H2,1-2H3. The van der Waals surface area contributed by atoms with Crippen LogP contribution in [0.1, 0.15) is 528 Å². The Bertz CT molecular complexity index is 1330. The van der Waals surface area contributed by atoms with Crippen molar-refractivity contribution in [3.05, 3.63) is 0 Å². The van der Waals surface area contributed by atoms with Gasteiger partial charge in [0.1, 0.15) is 6.61 Å². The highest BCUT2D eigenvalue weighted by Gasteiger charge is 2.16. The predicted molar refractivity (Wildman–Crippen MR) is 409 cm³/mol. The van der Waals surface area contributed by atoms with Gasteiger partial charge in [-0.15, -0.1) is 0 Å². The Balaban J connectivity index is 3.31. The number of aliphatic hydroxyl groups is 1. The summed E-state index contributed by atoms with van der Waals surface area (Å²) in [6, 6.07) is 0. The molecule has 92 heavy (non-hydrogen) atoms. The summed E-state index contributed by atoms with van der Waals surface area (Å²) >= 11 is 0. The van der Waals surface area contributed by atoms with Gasteiger partial charge in [0.05, 0.1) is 6.61 Å². The van der Waals surface area contributed by atoms with Gasteiger partial charge < -0.3 is 14.6 Å². The van der Waals surface area contributed by atoms with E-state index in [1.807, 2.05) is 0 Å². The van der Waals surface area contributed by atoms with Crippen LogP contribution in [0.3, 0.4) is 0 Å². The highest BCUT2D eigenvalue weighted by atomic mass is 16.6. The van der Waals surface area contributed by atoms with Crippen LogP contribution in [-0.4, -0.2) is 36.4 Å². The second-order valence-corrected chi connectivity index (χ2v) is 30.3. The molecule has 0 rings (SSSR count). The molecule has 0 aromatic carbocycles. The Kier molecular flexibility index (Phi) is 83.1. The van der Waals surface area contributed by atoms with Crippen LogP contribution in [0.4, 0.5) is 0 Å². The molecule has 0 heterocycles. The summed E-state index contributed by atoms with van der Waals surface area (Å²) < 4.78 is 10.8. The fraction of sp³-hybridized carbons (Fsp3) is 0.977. The molecular formula is C87H172O5. The molecule has 0 spiro atoms. The van der Waals surface area contributed by atoms with E-state index in [9.17, 15) is 14.7 Å². The maximum atomic E-state index is 12.4. The van der Waals surface area contributed by atoms with Crippen molar-refractivity contribution >= 4 is 11.9 Å². The summed E-state index contributed by atoms with van der Waals surface area (Å²) in [5.41, 5.74) is 0. The van der Waals surface area contributed by atoms with E-state index in [4.69, 9.17) is 9.47 Å². The molecule has 1 atom stereocenters. The Morgan fingerprint density at radius 3 is 0.478 bits per heavy atom. The first-order chi connectivity index (χ1) is 45.6. The molecule has 0 aromatic rings. The average Bonchev–Trinajstić information content (AvgIpc) is 3.75. The molecule has 5 nitrogen and oxygen atoms in total. The molecule has 0 bridgehead atoms. The van der Waals surface area contributed by atoms with Crippen LogP contribution in [-0.2, 0) is 19.1 Å². The van der Waals surface area contributed by atoms with E-state index >= 15 is 0 Å². The van der Waals surface area contributed by atoms with Crippen molar-refractivity contribution < 1.29 is 24.2 Å². The van der Waals surface area contributed by atoms with E-state index in [2.05, 4.69) is 13.8 Å². The van der Waals surface area contributed by atoms with Gasteiger partial charge in [-0.25, -0.2) is 0 Å². The van der Waals surface area contributed by atoms with Crippen LogP contribution in [0.2, 0.25) is 0 Å². The third kappa shape index (κ3) is 81.3. The number of ether oxygens (including phenoxy) is 2. The highest BCUT2D eigenvalue weighted by molar-refractivity contribution is 5.70. The van der Waals surface area contributed by atoms with Gasteiger partial charge in [-0.3, -0.25) is 9.59 Å². The van der Waals surface area contributed by atoms with Crippen molar-refractivity contribution in [2.24, 2.45) is 0 Å². The van der Waals surface area contributed by atoms with Gasteiger partial charge in [0, 0.05) is 12.8 Å². The van der Waals surface area contributed by atoms with Crippen LogP contribution >= 0.6 is 0 Å². The smallest absolute Gasteiger partial charge is 0.306 e. The van der Waals surface area contributed by atoms with Crippen LogP contribution in [0, 0.1) is 0 Å². The lowest BCUT2D eigenvalue weighted by Gasteiger charge is -2.15. The van der Waals surface area contributed by atoms with Crippen LogP contribution in [0.25, 0.3) is 0 Å². The zero-order chi connectivity index (χ0) is 66.1. The van der Waals surface area contributed by atoms with E-state index in [0.717, 1.165) is 32.1 Å². The number of carbonyl (C=O) groups is 2. The summed E-state index contributed by atoms with van der Waals surface area (Å²) in [7, 11) is 0. The van der Waals surface area contributed by atoms with E-state index < -0.39 is 6.10 Å². The molecule has 0 aromatic heterocycles. The topological polar surface area (TPSA) is 72.8 Å². The number of unbranched alkanes of at least 4 members (excludes halogenated alkanes) is 76. The summed E-state index contributed by atoms with van der Waals surface area (Å²) in [5.74, 6) is -0.554. The molecule has 1 unspecified atom stereocenters. The molecule has 0 radical (unpaired) electrons. The van der Waals surface area contributed by atoms with Gasteiger partial charge in [0.25, 0.3) is 0 Å². The fourth-order valence-electron chi connectivity index (χ4n) is 14.4. The molecule has 0 aliphatic carbocycles. The molecule has 0 saturated carbocycles. The van der Waals surface area contributed by atoms with Gasteiger partial charge in [0.2, 0.25) is 0 Å². The number of rotatable bonds is 84. The van der Waals surface area contributed by atoms with Gasteiger partial charge in [-0.2, -0.15) is 0 Å². The largest absolute Gasteiger partial charge is 0.462 e. The molecule has 550 valence electrons. The Hall–Kier alpha value is -1.10. The fourth-order valence-corrected chi connectivity index (χ4v) is 14.4. The Morgan fingerprint density at radius 1 is 0.207 bits per heavy atom. The first kappa shape index (κ1) is 90.9. The summed E-state index contributed by atoms with van der Waals surface area (Å²) in [5, 5.41) is 9.74. The van der Waals surface area contributed by atoms with Gasteiger partial charge >= 0.3 is 11.9 Å². The lowest BCUT2D eigenvalue weighted by molar-refractivity contribution is -0.161. The van der Waals surface area contributed by atoms with Crippen molar-refractivity contribution in [3.8, 4) is 0 Å². The quantitative estimate of drug-likeness (QED) is 0.0485. The van der Waals surface area contributed by atoms with Crippen molar-refractivity contribution in [3.63, 3.8) is 0 Å². The van der Waals surface area contributed by atoms with E-state index in [1.54, 1.807) is 0 Å². The van der Waals surface area contributed by atoms with Crippen molar-refractivity contribution in [1.82, 2.24) is 0 Å². The summed E-state index contributed by atoms with van der Waals surface area (Å²) in [4.78, 5) is 24.8. The normalized spacial score (nSPS) is 12.0. The number of esters is 2. The molecule has 0 aliphatic heterocycles. The van der Waals surface area contributed by atoms with E-state index in [-0.39, 0.29) is 25.2 Å². The second-order valence-electron chi connectivity index (χ2n) is 30.3. The van der Waals surface area contributed by atoms with E-state index in [1.165, 1.54) is 469 Å². The zero-order valence-corrected chi connectivity index (χ0v) is 63.6. The third-order valence-corrected chi connectivity index (χ3v) is 20.9. The summed E-state index contributed by atoms with van der Waals surface area (Å²) in [6.45, 7) is 4.24. The third-order valence-electron chi connectivity index (χ3n) is 20.9. The highest BCUT2D eigenvalue weighted by Crippen LogP contribution is 2.22. The van der Waals surface area contributed by atoms with Gasteiger partial charge in [-0.05, 0) is 12.8 Å². The molecule has 5 heteroatoms. The molecule has 0 aliphatic rings. The lowest BCUT2D eigenvalue weighted by Crippen LogP contribution is -2.28. The maximum Gasteiger partial charge on any atom is 0.306 e. The van der Waals surface area contributed by atoms with Crippen LogP contribution < -0.4 is 0 Å². The molecule has 0 fully saturated rings. The number of hydrogen-bond donors (Lipinski definition) is 1. The minimum absolute atomic E-state index is 0.0550. The Labute approximate surface area is 579 Å². The predicted octanol–water partition coefficient (Wildman–Crippen LogP) is 30.7. The molecule has 0 amide bonds. The van der Waals surface area contributed by atoms with Crippen molar-refractivity contribution in [1.29, 1.82) is 0 Å². The van der Waals surface area contributed by atoms with Gasteiger partial charge in [-0.1, -0.05) is 502 Å². The Morgan fingerprint density at radius 2 is 0.337 bits per heavy atom. The first-order valence-electron chi connectivity index (χ1n) is 43.6. The summed E-state index contributed by atoms with van der Waals surface area (Å²) in [6.07, 6.45) is 110. The lowest BCUT2D eigenvalue weighted by atomic mass is 10.0. The number of aliphatic hydroxyl groups excluding tert-OH is 1. The minimum atomic E-state index is -0.767. The van der Waals surface area contributed by atoms with Crippen LogP contribution in [0.5, 0.6) is 0 Å². The number of carbonyl (C=O) groups excluding carboxylic acids is 2. The number of hydrogen-bond acceptors (Lipinski definition) is 5.